The van der Waals surface area contributed by atoms with Gasteiger partial charge in [-0.15, -0.1) is 0 Å². The maximum atomic E-state index is 12.7. The zero-order chi connectivity index (χ0) is 21.9. The summed E-state index contributed by atoms with van der Waals surface area (Å²) in [5.41, 5.74) is 2.22. The highest BCUT2D eigenvalue weighted by atomic mass is 35.5. The van der Waals surface area contributed by atoms with Crippen LogP contribution in [0, 0.1) is 6.92 Å². The van der Waals surface area contributed by atoms with Crippen LogP contribution in [-0.2, 0) is 21.4 Å². The van der Waals surface area contributed by atoms with E-state index in [1.165, 1.54) is 18.0 Å². The Bertz CT molecular complexity index is 1150. The summed E-state index contributed by atoms with van der Waals surface area (Å²) in [5.74, 6) is 0.230. The van der Waals surface area contributed by atoms with Crippen LogP contribution in [0.25, 0.3) is 11.4 Å². The minimum absolute atomic E-state index is 0.0465. The van der Waals surface area contributed by atoms with E-state index < -0.39 is 15.9 Å². The van der Waals surface area contributed by atoms with Gasteiger partial charge in [0.05, 0.1) is 18.5 Å². The molecule has 1 aromatic heterocycles. The zero-order valence-electron chi connectivity index (χ0n) is 16.7. The molecule has 0 unspecified atom stereocenters. The number of sulfonamides is 1. The molecule has 0 fully saturated rings. The van der Waals surface area contributed by atoms with Crippen LogP contribution in [0.4, 0.5) is 5.69 Å². The molecule has 0 bridgehead atoms. The molecule has 0 radical (unpaired) electrons. The minimum atomic E-state index is -3.70. The molecule has 0 atom stereocenters. The van der Waals surface area contributed by atoms with Crippen molar-refractivity contribution in [3.8, 4) is 11.4 Å². The number of aromatic nitrogens is 2. The van der Waals surface area contributed by atoms with Gasteiger partial charge in [0.25, 0.3) is 0 Å². The summed E-state index contributed by atoms with van der Waals surface area (Å²) < 4.78 is 30.7. The number of halogens is 1. The zero-order valence-corrected chi connectivity index (χ0v) is 18.3. The lowest BCUT2D eigenvalue weighted by Crippen LogP contribution is -2.41. The fraction of sp³-hybridized carbons (Fsp3) is 0.250. The van der Waals surface area contributed by atoms with E-state index in [1.807, 2.05) is 31.2 Å². The number of amides is 1. The van der Waals surface area contributed by atoms with E-state index in [9.17, 15) is 13.2 Å². The number of carbonyl (C=O) groups is 1. The highest BCUT2D eigenvalue weighted by molar-refractivity contribution is 7.92. The second kappa shape index (κ2) is 8.85. The molecular weight excluding hydrogens is 428 g/mol. The summed E-state index contributed by atoms with van der Waals surface area (Å²) in [6.45, 7) is 1.65. The van der Waals surface area contributed by atoms with Crippen LogP contribution < -0.4 is 4.31 Å². The van der Waals surface area contributed by atoms with Crippen LogP contribution in [0.5, 0.6) is 0 Å². The first-order chi connectivity index (χ1) is 14.1. The quantitative estimate of drug-likeness (QED) is 0.551. The fourth-order valence-electron chi connectivity index (χ4n) is 2.70. The van der Waals surface area contributed by atoms with E-state index in [0.717, 1.165) is 21.7 Å². The molecule has 0 saturated carbocycles. The molecule has 10 heteroatoms. The number of aryl methyl sites for hydroxylation is 1. The molecule has 3 aromatic rings. The number of likely N-dealkylation sites (N-methyl/N-ethyl adjacent to an activating group) is 1. The summed E-state index contributed by atoms with van der Waals surface area (Å²) in [4.78, 5) is 18.3. The predicted molar refractivity (Wildman–Crippen MR) is 115 cm³/mol. The van der Waals surface area contributed by atoms with Crippen LogP contribution in [0.1, 0.15) is 11.5 Å². The summed E-state index contributed by atoms with van der Waals surface area (Å²) in [5, 5.41) is 4.31. The average molecular weight is 449 g/mol. The predicted octanol–water partition coefficient (Wildman–Crippen LogP) is 3.12. The van der Waals surface area contributed by atoms with Gasteiger partial charge < -0.3 is 9.42 Å². The van der Waals surface area contributed by atoms with Crippen molar-refractivity contribution in [1.29, 1.82) is 0 Å². The van der Waals surface area contributed by atoms with Crippen molar-refractivity contribution < 1.29 is 17.7 Å². The van der Waals surface area contributed by atoms with Crippen LogP contribution in [0.15, 0.2) is 53.1 Å². The van der Waals surface area contributed by atoms with E-state index in [1.54, 1.807) is 18.2 Å². The number of nitrogens with zero attached hydrogens (tertiary/aromatic N) is 4. The lowest BCUT2D eigenvalue weighted by atomic mass is 10.1. The van der Waals surface area contributed by atoms with E-state index in [4.69, 9.17) is 16.1 Å². The Morgan fingerprint density at radius 2 is 1.87 bits per heavy atom. The Hall–Kier alpha value is -2.91. The number of benzene rings is 2. The average Bonchev–Trinajstić information content (AvgIpc) is 3.14. The molecule has 0 spiro atoms. The van der Waals surface area contributed by atoms with Gasteiger partial charge >= 0.3 is 0 Å². The van der Waals surface area contributed by atoms with Crippen molar-refractivity contribution in [2.24, 2.45) is 0 Å². The van der Waals surface area contributed by atoms with Gasteiger partial charge in [0.15, 0.2) is 0 Å². The van der Waals surface area contributed by atoms with Crippen molar-refractivity contribution in [3.63, 3.8) is 0 Å². The first-order valence-electron chi connectivity index (χ1n) is 9.00. The topological polar surface area (TPSA) is 96.6 Å². The Kier molecular flexibility index (Phi) is 6.42. The van der Waals surface area contributed by atoms with Crippen LogP contribution in [0.3, 0.4) is 0 Å². The van der Waals surface area contributed by atoms with Crippen LogP contribution in [0.2, 0.25) is 5.02 Å². The molecule has 1 heterocycles. The Morgan fingerprint density at radius 3 is 2.50 bits per heavy atom. The van der Waals surface area contributed by atoms with E-state index in [0.29, 0.717) is 16.5 Å². The molecule has 0 N–H and O–H groups in total. The second-order valence-electron chi connectivity index (χ2n) is 6.88. The van der Waals surface area contributed by atoms with Crippen molar-refractivity contribution in [2.75, 3.05) is 24.2 Å². The maximum absolute atomic E-state index is 12.7. The van der Waals surface area contributed by atoms with Gasteiger partial charge in [0.2, 0.25) is 27.6 Å². The van der Waals surface area contributed by atoms with Gasteiger partial charge in [-0.25, -0.2) is 8.42 Å². The van der Waals surface area contributed by atoms with Gasteiger partial charge in [-0.2, -0.15) is 4.98 Å². The SMILES string of the molecule is Cc1ccc(-c2noc(CN(C)C(=O)CN(c3cccc(Cl)c3)S(C)(=O)=O)n2)cc1. The number of hydrogen-bond donors (Lipinski definition) is 0. The van der Waals surface area contributed by atoms with E-state index in [-0.39, 0.29) is 19.0 Å². The van der Waals surface area contributed by atoms with Gasteiger partial charge in [0.1, 0.15) is 6.54 Å². The van der Waals surface area contributed by atoms with Crippen molar-refractivity contribution in [3.05, 3.63) is 65.0 Å². The number of carbonyl (C=O) groups excluding carboxylic acids is 1. The van der Waals surface area contributed by atoms with Crippen LogP contribution in [-0.4, -0.2) is 49.2 Å². The molecule has 0 aliphatic heterocycles. The highest BCUT2D eigenvalue weighted by Gasteiger charge is 2.24. The smallest absolute Gasteiger partial charge is 0.246 e. The summed E-state index contributed by atoms with van der Waals surface area (Å²) in [7, 11) is -2.16. The summed E-state index contributed by atoms with van der Waals surface area (Å²) in [6.07, 6.45) is 1.03. The Morgan fingerprint density at radius 1 is 1.17 bits per heavy atom. The molecule has 3 rings (SSSR count). The first-order valence-corrected chi connectivity index (χ1v) is 11.2. The summed E-state index contributed by atoms with van der Waals surface area (Å²) in [6, 6.07) is 14.0. The molecular formula is C20H21ClN4O4S. The maximum Gasteiger partial charge on any atom is 0.246 e. The van der Waals surface area contributed by atoms with Crippen molar-refractivity contribution in [2.45, 2.75) is 13.5 Å². The highest BCUT2D eigenvalue weighted by Crippen LogP contribution is 2.22. The van der Waals surface area contributed by atoms with E-state index >= 15 is 0 Å². The van der Waals surface area contributed by atoms with Gasteiger partial charge in [0, 0.05) is 17.6 Å². The molecule has 2 aromatic carbocycles. The molecule has 0 aliphatic rings. The third-order valence-electron chi connectivity index (χ3n) is 4.35. The fourth-order valence-corrected chi connectivity index (χ4v) is 3.73. The van der Waals surface area contributed by atoms with Gasteiger partial charge in [-0.1, -0.05) is 52.7 Å². The molecule has 0 aliphatic carbocycles. The first kappa shape index (κ1) is 21.8. The Balaban J connectivity index is 1.71. The summed E-state index contributed by atoms with van der Waals surface area (Å²) >= 11 is 5.96. The molecule has 30 heavy (non-hydrogen) atoms. The number of anilines is 1. The molecule has 8 nitrogen and oxygen atoms in total. The standard InChI is InChI=1S/C20H21ClN4O4S/c1-14-7-9-15(10-8-14)20-22-18(29-23-20)12-24(2)19(26)13-25(30(3,27)28)17-6-4-5-16(21)11-17/h4-11H,12-13H2,1-3H3. The third kappa shape index (κ3) is 5.37. The van der Waals surface area contributed by atoms with Gasteiger partial charge in [-0.3, -0.25) is 9.10 Å². The molecule has 1 amide bonds. The molecule has 0 saturated heterocycles. The Labute approximate surface area is 180 Å². The number of rotatable bonds is 7. The number of hydrogen-bond acceptors (Lipinski definition) is 6. The van der Waals surface area contributed by atoms with Gasteiger partial charge in [-0.05, 0) is 25.1 Å². The largest absolute Gasteiger partial charge is 0.337 e. The van der Waals surface area contributed by atoms with Crippen LogP contribution >= 0.6 is 11.6 Å². The monoisotopic (exact) mass is 448 g/mol. The lowest BCUT2D eigenvalue weighted by molar-refractivity contribution is -0.129. The van der Waals surface area contributed by atoms with E-state index in [2.05, 4.69) is 10.1 Å². The van der Waals surface area contributed by atoms with Crippen molar-refractivity contribution >= 4 is 33.2 Å². The minimum Gasteiger partial charge on any atom is -0.337 e. The molecule has 158 valence electrons. The normalized spacial score (nSPS) is 11.3. The third-order valence-corrected chi connectivity index (χ3v) is 5.73. The second-order valence-corrected chi connectivity index (χ2v) is 9.22. The van der Waals surface area contributed by atoms with Crippen molar-refractivity contribution in [1.82, 2.24) is 15.0 Å². The lowest BCUT2D eigenvalue weighted by Gasteiger charge is -2.24.